The van der Waals surface area contributed by atoms with Crippen molar-refractivity contribution in [2.75, 3.05) is 0 Å². The van der Waals surface area contributed by atoms with Crippen molar-refractivity contribution in [1.82, 2.24) is 0 Å². The van der Waals surface area contributed by atoms with Crippen LogP contribution >= 0.6 is 0 Å². The van der Waals surface area contributed by atoms with Crippen LogP contribution in [0.15, 0.2) is 48.5 Å². The first-order chi connectivity index (χ1) is 9.26. The van der Waals surface area contributed by atoms with Crippen molar-refractivity contribution in [2.45, 2.75) is 19.4 Å². The van der Waals surface area contributed by atoms with Crippen LogP contribution in [0, 0.1) is 11.3 Å². The van der Waals surface area contributed by atoms with Crippen LogP contribution in [0.4, 0.5) is 0 Å². The fourth-order valence-electron chi connectivity index (χ4n) is 1.84. The Morgan fingerprint density at radius 2 is 1.74 bits per heavy atom. The van der Waals surface area contributed by atoms with Gasteiger partial charge in [0.2, 0.25) is 0 Å². The predicted octanol–water partition coefficient (Wildman–Crippen LogP) is 3.79. The van der Waals surface area contributed by atoms with Gasteiger partial charge in [-0.25, -0.2) is 0 Å². The average Bonchev–Trinajstić information content (AvgIpc) is 2.47. The van der Waals surface area contributed by atoms with Crippen molar-refractivity contribution in [1.29, 1.82) is 5.26 Å². The van der Waals surface area contributed by atoms with Crippen LogP contribution < -0.4 is 4.74 Å². The molecule has 1 atom stereocenters. The maximum Gasteiger partial charge on any atom is 0.145 e. The van der Waals surface area contributed by atoms with Gasteiger partial charge in [0.15, 0.2) is 0 Å². The maximum absolute atomic E-state index is 9.97. The lowest BCUT2D eigenvalue weighted by Gasteiger charge is -2.15. The van der Waals surface area contributed by atoms with E-state index >= 15 is 0 Å². The molecule has 3 heteroatoms. The van der Waals surface area contributed by atoms with E-state index in [9.17, 15) is 5.11 Å². The summed E-state index contributed by atoms with van der Waals surface area (Å²) in [5.74, 6) is 1.08. The number of benzene rings is 2. The molecule has 0 saturated carbocycles. The lowest BCUT2D eigenvalue weighted by atomic mass is 10.1. The van der Waals surface area contributed by atoms with Crippen molar-refractivity contribution < 1.29 is 9.84 Å². The molecular weight excluding hydrogens is 238 g/mol. The molecule has 0 saturated heterocycles. The van der Waals surface area contributed by atoms with Gasteiger partial charge in [-0.1, -0.05) is 37.3 Å². The van der Waals surface area contributed by atoms with Gasteiger partial charge in [0.25, 0.3) is 0 Å². The molecule has 0 amide bonds. The molecule has 0 aliphatic carbocycles. The Bertz CT molecular complexity index is 602. The molecule has 0 unspecified atom stereocenters. The second-order valence-electron chi connectivity index (χ2n) is 4.17. The number of nitrogens with zero attached hydrogens (tertiary/aromatic N) is 1. The number of aliphatic hydroxyl groups is 1. The van der Waals surface area contributed by atoms with Crippen LogP contribution in [0.25, 0.3) is 0 Å². The second-order valence-corrected chi connectivity index (χ2v) is 4.17. The number of ether oxygens (including phenoxy) is 1. The summed E-state index contributed by atoms with van der Waals surface area (Å²) < 4.78 is 5.77. The van der Waals surface area contributed by atoms with E-state index in [0.29, 0.717) is 23.5 Å². The summed E-state index contributed by atoms with van der Waals surface area (Å²) in [4.78, 5) is 0. The summed E-state index contributed by atoms with van der Waals surface area (Å²) in [6, 6.07) is 16.5. The van der Waals surface area contributed by atoms with Crippen molar-refractivity contribution in [2.24, 2.45) is 0 Å². The predicted molar refractivity (Wildman–Crippen MR) is 72.9 cm³/mol. The van der Waals surface area contributed by atoms with Gasteiger partial charge in [-0.2, -0.15) is 5.26 Å². The first kappa shape index (κ1) is 13.1. The molecule has 0 heterocycles. The summed E-state index contributed by atoms with van der Waals surface area (Å²) in [7, 11) is 0. The van der Waals surface area contributed by atoms with Crippen molar-refractivity contribution in [3.8, 4) is 17.6 Å². The van der Waals surface area contributed by atoms with Crippen molar-refractivity contribution in [3.05, 3.63) is 59.7 Å². The molecule has 0 fully saturated rings. The Morgan fingerprint density at radius 3 is 2.42 bits per heavy atom. The first-order valence-corrected chi connectivity index (χ1v) is 6.20. The van der Waals surface area contributed by atoms with Gasteiger partial charge in [0.1, 0.15) is 17.6 Å². The molecule has 0 aromatic heterocycles. The SMILES string of the molecule is CC[C@@H](O)c1ccccc1Oc1ccccc1C#N. The lowest BCUT2D eigenvalue weighted by Crippen LogP contribution is -1.99. The quantitative estimate of drug-likeness (QED) is 0.901. The van der Waals surface area contributed by atoms with Gasteiger partial charge < -0.3 is 9.84 Å². The van der Waals surface area contributed by atoms with Crippen LogP contribution in [0.1, 0.15) is 30.6 Å². The van der Waals surface area contributed by atoms with Crippen LogP contribution in [0.5, 0.6) is 11.5 Å². The van der Waals surface area contributed by atoms with Crippen molar-refractivity contribution >= 4 is 0 Å². The third-order valence-corrected chi connectivity index (χ3v) is 2.89. The smallest absolute Gasteiger partial charge is 0.145 e. The summed E-state index contributed by atoms with van der Waals surface area (Å²) in [5, 5.41) is 19.0. The summed E-state index contributed by atoms with van der Waals surface area (Å²) in [6.07, 6.45) is 0.0470. The molecule has 0 bridgehead atoms. The van der Waals surface area contributed by atoms with Gasteiger partial charge >= 0.3 is 0 Å². The zero-order valence-electron chi connectivity index (χ0n) is 10.7. The molecule has 19 heavy (non-hydrogen) atoms. The van der Waals surface area contributed by atoms with Crippen LogP contribution in [-0.4, -0.2) is 5.11 Å². The minimum Gasteiger partial charge on any atom is -0.456 e. The van der Waals surface area contributed by atoms with Gasteiger partial charge in [-0.3, -0.25) is 0 Å². The molecule has 1 N–H and O–H groups in total. The number of aliphatic hydroxyl groups excluding tert-OH is 1. The highest BCUT2D eigenvalue weighted by atomic mass is 16.5. The number of rotatable bonds is 4. The summed E-state index contributed by atoms with van der Waals surface area (Å²) in [6.45, 7) is 1.91. The van der Waals surface area contributed by atoms with Gasteiger partial charge in [-0.05, 0) is 24.6 Å². The fourth-order valence-corrected chi connectivity index (χ4v) is 1.84. The average molecular weight is 253 g/mol. The van der Waals surface area contributed by atoms with E-state index in [1.807, 2.05) is 31.2 Å². The Morgan fingerprint density at radius 1 is 1.11 bits per heavy atom. The van der Waals surface area contributed by atoms with E-state index in [0.717, 1.165) is 5.56 Å². The largest absolute Gasteiger partial charge is 0.456 e. The monoisotopic (exact) mass is 253 g/mol. The molecule has 2 rings (SSSR count). The van der Waals surface area contributed by atoms with Crippen molar-refractivity contribution in [3.63, 3.8) is 0 Å². The lowest BCUT2D eigenvalue weighted by molar-refractivity contribution is 0.170. The molecule has 0 aliphatic rings. The van der Waals surface area contributed by atoms with Crippen LogP contribution in [-0.2, 0) is 0 Å². The van der Waals surface area contributed by atoms with Gasteiger partial charge in [0, 0.05) is 5.56 Å². The third-order valence-electron chi connectivity index (χ3n) is 2.89. The minimum atomic E-state index is -0.564. The topological polar surface area (TPSA) is 53.2 Å². The maximum atomic E-state index is 9.97. The molecule has 0 radical (unpaired) electrons. The Kier molecular flexibility index (Phi) is 4.17. The Hall–Kier alpha value is -2.31. The summed E-state index contributed by atoms with van der Waals surface area (Å²) in [5.41, 5.74) is 1.21. The number of para-hydroxylation sites is 2. The van der Waals surface area contributed by atoms with Gasteiger partial charge in [-0.15, -0.1) is 0 Å². The number of hydrogen-bond acceptors (Lipinski definition) is 3. The van der Waals surface area contributed by atoms with E-state index in [2.05, 4.69) is 6.07 Å². The number of hydrogen-bond donors (Lipinski definition) is 1. The van der Waals surface area contributed by atoms with Crippen LogP contribution in [0.3, 0.4) is 0 Å². The standard InChI is InChI=1S/C16H15NO2/c1-2-14(18)13-8-4-6-10-16(13)19-15-9-5-3-7-12(15)11-17/h3-10,14,18H,2H2,1H3/t14-/m1/s1. The summed E-state index contributed by atoms with van der Waals surface area (Å²) >= 11 is 0. The van der Waals surface area contributed by atoms with E-state index in [1.165, 1.54) is 0 Å². The molecule has 96 valence electrons. The third kappa shape index (κ3) is 2.93. The highest BCUT2D eigenvalue weighted by molar-refractivity contribution is 5.46. The molecule has 0 aliphatic heterocycles. The van der Waals surface area contributed by atoms with Crippen LogP contribution in [0.2, 0.25) is 0 Å². The Balaban J connectivity index is 2.36. The highest BCUT2D eigenvalue weighted by Gasteiger charge is 2.12. The molecule has 0 spiro atoms. The van der Waals surface area contributed by atoms with E-state index in [1.54, 1.807) is 24.3 Å². The Labute approximate surface area is 112 Å². The minimum absolute atomic E-state index is 0.475. The highest BCUT2D eigenvalue weighted by Crippen LogP contribution is 2.32. The molecular formula is C16H15NO2. The molecule has 2 aromatic rings. The first-order valence-electron chi connectivity index (χ1n) is 6.20. The van der Waals surface area contributed by atoms with Gasteiger partial charge in [0.05, 0.1) is 11.7 Å². The van der Waals surface area contributed by atoms with E-state index in [-0.39, 0.29) is 0 Å². The second kappa shape index (κ2) is 6.03. The zero-order chi connectivity index (χ0) is 13.7. The number of nitriles is 1. The fraction of sp³-hybridized carbons (Fsp3) is 0.188. The zero-order valence-corrected chi connectivity index (χ0v) is 10.7. The normalized spacial score (nSPS) is 11.6. The van der Waals surface area contributed by atoms with E-state index < -0.39 is 6.10 Å². The molecule has 2 aromatic carbocycles. The van der Waals surface area contributed by atoms with E-state index in [4.69, 9.17) is 10.00 Å². The molecule has 3 nitrogen and oxygen atoms in total.